The second-order valence-corrected chi connectivity index (χ2v) is 6.36. The Labute approximate surface area is 163 Å². The molecule has 0 aromatic heterocycles. The van der Waals surface area contributed by atoms with Crippen LogP contribution in [0.1, 0.15) is 25.8 Å². The minimum atomic E-state index is -0.735. The number of nitrogens with zero attached hydrogens (tertiary/aromatic N) is 1. The molecule has 150 valence electrons. The summed E-state index contributed by atoms with van der Waals surface area (Å²) in [6.07, 6.45) is 0.776. The van der Waals surface area contributed by atoms with Crippen molar-refractivity contribution in [2.45, 2.75) is 32.9 Å². The van der Waals surface area contributed by atoms with E-state index in [1.165, 1.54) is 41.3 Å². The third kappa shape index (κ3) is 6.33. The van der Waals surface area contributed by atoms with E-state index >= 15 is 0 Å². The highest BCUT2D eigenvalue weighted by Crippen LogP contribution is 2.14. The summed E-state index contributed by atoms with van der Waals surface area (Å²) in [5, 5.41) is 2.77. The van der Waals surface area contributed by atoms with Crippen LogP contribution in [0.5, 0.6) is 5.75 Å². The zero-order chi connectivity index (χ0) is 20.5. The summed E-state index contributed by atoms with van der Waals surface area (Å²) in [4.78, 5) is 26.5. The standard InChI is InChI=1S/C21H24F2N2O3/c1-3-12-24-21(27)15(2)25(13-16-4-6-17(22)7-5-16)20(26)14-28-19-10-8-18(23)9-11-19/h4-11,15H,3,12-14H2,1-2H3,(H,24,27)/t15-/m0/s1. The SMILES string of the molecule is CCCNC(=O)[C@H](C)N(Cc1ccc(F)cc1)C(=O)COc1ccc(F)cc1. The molecular weight excluding hydrogens is 366 g/mol. The van der Waals surface area contributed by atoms with E-state index in [0.717, 1.165) is 6.42 Å². The Morgan fingerprint density at radius 1 is 1.04 bits per heavy atom. The Hall–Kier alpha value is -2.96. The molecule has 7 heteroatoms. The van der Waals surface area contributed by atoms with Crippen molar-refractivity contribution >= 4 is 11.8 Å². The van der Waals surface area contributed by atoms with Gasteiger partial charge in [0.25, 0.3) is 5.91 Å². The predicted octanol–water partition coefficient (Wildman–Crippen LogP) is 3.29. The Morgan fingerprint density at radius 2 is 1.61 bits per heavy atom. The average Bonchev–Trinajstić information content (AvgIpc) is 2.70. The monoisotopic (exact) mass is 390 g/mol. The lowest BCUT2D eigenvalue weighted by Gasteiger charge is -2.28. The van der Waals surface area contributed by atoms with Crippen molar-refractivity contribution in [3.63, 3.8) is 0 Å². The summed E-state index contributed by atoms with van der Waals surface area (Å²) in [6, 6.07) is 10.3. The lowest BCUT2D eigenvalue weighted by atomic mass is 10.1. The number of hydrogen-bond acceptors (Lipinski definition) is 3. The van der Waals surface area contributed by atoms with E-state index in [1.807, 2.05) is 6.92 Å². The molecule has 1 atom stereocenters. The van der Waals surface area contributed by atoms with Crippen molar-refractivity contribution in [3.8, 4) is 5.75 Å². The van der Waals surface area contributed by atoms with Crippen molar-refractivity contribution in [1.29, 1.82) is 0 Å². The van der Waals surface area contributed by atoms with Crippen LogP contribution in [0.15, 0.2) is 48.5 Å². The molecule has 1 N–H and O–H groups in total. The third-order valence-corrected chi connectivity index (χ3v) is 4.16. The Morgan fingerprint density at radius 3 is 2.18 bits per heavy atom. The van der Waals surface area contributed by atoms with Crippen molar-refractivity contribution in [3.05, 3.63) is 65.7 Å². The fourth-order valence-corrected chi connectivity index (χ4v) is 2.52. The van der Waals surface area contributed by atoms with Crippen LogP contribution in [0.4, 0.5) is 8.78 Å². The van der Waals surface area contributed by atoms with Crippen molar-refractivity contribution < 1.29 is 23.1 Å². The zero-order valence-electron chi connectivity index (χ0n) is 16.0. The van der Waals surface area contributed by atoms with Gasteiger partial charge in [0.1, 0.15) is 23.4 Å². The Bertz CT molecular complexity index is 779. The fraction of sp³-hybridized carbons (Fsp3) is 0.333. The number of amides is 2. The van der Waals surface area contributed by atoms with E-state index < -0.39 is 17.8 Å². The van der Waals surface area contributed by atoms with Gasteiger partial charge in [-0.25, -0.2) is 8.78 Å². The summed E-state index contributed by atoms with van der Waals surface area (Å²) in [7, 11) is 0. The number of hydrogen-bond donors (Lipinski definition) is 1. The van der Waals surface area contributed by atoms with Crippen molar-refractivity contribution in [2.75, 3.05) is 13.2 Å². The van der Waals surface area contributed by atoms with Crippen molar-refractivity contribution in [1.82, 2.24) is 10.2 Å². The molecule has 0 aliphatic carbocycles. The molecule has 0 heterocycles. The molecule has 0 saturated heterocycles. The van der Waals surface area contributed by atoms with E-state index in [9.17, 15) is 18.4 Å². The van der Waals surface area contributed by atoms with Gasteiger partial charge in [-0.3, -0.25) is 9.59 Å². The van der Waals surface area contributed by atoms with Crippen LogP contribution in [-0.4, -0.2) is 35.9 Å². The van der Waals surface area contributed by atoms with Crippen molar-refractivity contribution in [2.24, 2.45) is 0 Å². The van der Waals surface area contributed by atoms with Crippen LogP contribution in [0.25, 0.3) is 0 Å². The van der Waals surface area contributed by atoms with Gasteiger partial charge in [0.05, 0.1) is 0 Å². The molecule has 0 bridgehead atoms. The van der Waals surface area contributed by atoms with Crippen LogP contribution in [-0.2, 0) is 16.1 Å². The van der Waals surface area contributed by atoms with Gasteiger partial charge in [0.15, 0.2) is 6.61 Å². The summed E-state index contributed by atoms with van der Waals surface area (Å²) in [5.41, 5.74) is 0.687. The largest absolute Gasteiger partial charge is 0.484 e. The van der Waals surface area contributed by atoms with Gasteiger partial charge in [-0.1, -0.05) is 19.1 Å². The number of ether oxygens (including phenoxy) is 1. The second-order valence-electron chi connectivity index (χ2n) is 6.36. The molecule has 28 heavy (non-hydrogen) atoms. The molecule has 2 aromatic rings. The van der Waals surface area contributed by atoms with Crippen LogP contribution in [0, 0.1) is 11.6 Å². The smallest absolute Gasteiger partial charge is 0.261 e. The molecule has 0 aliphatic rings. The summed E-state index contributed by atoms with van der Waals surface area (Å²) >= 11 is 0. The molecule has 0 spiro atoms. The number of nitrogens with one attached hydrogen (secondary N) is 1. The van der Waals surface area contributed by atoms with E-state index in [0.29, 0.717) is 17.9 Å². The topological polar surface area (TPSA) is 58.6 Å². The summed E-state index contributed by atoms with van der Waals surface area (Å²) < 4.78 is 31.6. The van der Waals surface area contributed by atoms with Gasteiger partial charge in [-0.15, -0.1) is 0 Å². The Balaban J connectivity index is 2.10. The van der Waals surface area contributed by atoms with Gasteiger partial charge in [-0.2, -0.15) is 0 Å². The molecule has 0 radical (unpaired) electrons. The van der Waals surface area contributed by atoms with Gasteiger partial charge in [0.2, 0.25) is 5.91 Å². The van der Waals surface area contributed by atoms with Crippen LogP contribution < -0.4 is 10.1 Å². The minimum Gasteiger partial charge on any atom is -0.484 e. The number of carbonyl (C=O) groups is 2. The summed E-state index contributed by atoms with van der Waals surface area (Å²) in [5.74, 6) is -1.13. The van der Waals surface area contributed by atoms with E-state index in [-0.39, 0.29) is 24.9 Å². The molecule has 2 rings (SSSR count). The Kier molecular flexibility index (Phi) is 7.92. The van der Waals surface area contributed by atoms with Gasteiger partial charge >= 0.3 is 0 Å². The fourth-order valence-electron chi connectivity index (χ4n) is 2.52. The van der Waals surface area contributed by atoms with Gasteiger partial charge < -0.3 is 15.0 Å². The lowest BCUT2D eigenvalue weighted by Crippen LogP contribution is -2.49. The molecule has 0 saturated carbocycles. The first kappa shape index (κ1) is 21.3. The first-order valence-electron chi connectivity index (χ1n) is 9.10. The molecule has 0 aliphatic heterocycles. The highest BCUT2D eigenvalue weighted by Gasteiger charge is 2.26. The maximum Gasteiger partial charge on any atom is 0.261 e. The van der Waals surface area contributed by atoms with E-state index in [1.54, 1.807) is 19.1 Å². The molecule has 5 nitrogen and oxygen atoms in total. The average molecular weight is 390 g/mol. The maximum absolute atomic E-state index is 13.2. The first-order chi connectivity index (χ1) is 13.4. The highest BCUT2D eigenvalue weighted by molar-refractivity contribution is 5.87. The molecule has 0 unspecified atom stereocenters. The van der Waals surface area contributed by atoms with Gasteiger partial charge in [0, 0.05) is 13.1 Å². The summed E-state index contributed by atoms with van der Waals surface area (Å²) in [6.45, 7) is 3.89. The minimum absolute atomic E-state index is 0.132. The number of carbonyl (C=O) groups excluding carboxylic acids is 2. The van der Waals surface area contributed by atoms with Crippen LogP contribution in [0.3, 0.4) is 0 Å². The van der Waals surface area contributed by atoms with Gasteiger partial charge in [-0.05, 0) is 55.3 Å². The third-order valence-electron chi connectivity index (χ3n) is 4.16. The lowest BCUT2D eigenvalue weighted by molar-refractivity contribution is -0.142. The normalized spacial score (nSPS) is 11.6. The molecule has 2 aromatic carbocycles. The zero-order valence-corrected chi connectivity index (χ0v) is 16.0. The molecule has 0 fully saturated rings. The highest BCUT2D eigenvalue weighted by atomic mass is 19.1. The molecule has 2 amide bonds. The number of benzene rings is 2. The quantitative estimate of drug-likeness (QED) is 0.715. The van der Waals surface area contributed by atoms with E-state index in [2.05, 4.69) is 5.32 Å². The first-order valence-corrected chi connectivity index (χ1v) is 9.10. The second kappa shape index (κ2) is 10.4. The number of rotatable bonds is 9. The maximum atomic E-state index is 13.2. The van der Waals surface area contributed by atoms with Crippen LogP contribution in [0.2, 0.25) is 0 Å². The van der Waals surface area contributed by atoms with E-state index in [4.69, 9.17) is 4.74 Å². The van der Waals surface area contributed by atoms with Crippen LogP contribution >= 0.6 is 0 Å². The molecular formula is C21H24F2N2O3. The predicted molar refractivity (Wildman–Crippen MR) is 102 cm³/mol. The number of halogens is 2.